The quantitative estimate of drug-likeness (QED) is 0.456. The molecule has 0 rings (SSSR count). The predicted molar refractivity (Wildman–Crippen MR) is 66.6 cm³/mol. The molecule has 4 heteroatoms. The summed E-state index contributed by atoms with van der Waals surface area (Å²) in [4.78, 5) is 11.0. The molecular formula is C13H26O4. The zero-order chi connectivity index (χ0) is 13.1. The fourth-order valence-corrected chi connectivity index (χ4v) is 1.53. The van der Waals surface area contributed by atoms with E-state index >= 15 is 0 Å². The minimum Gasteiger partial charge on any atom is -0.464 e. The highest BCUT2D eigenvalue weighted by molar-refractivity contribution is 5.74. The van der Waals surface area contributed by atoms with Crippen LogP contribution in [0.3, 0.4) is 0 Å². The summed E-state index contributed by atoms with van der Waals surface area (Å²) in [7, 11) is 0. The molecule has 4 nitrogen and oxygen atoms in total. The maximum Gasteiger partial charge on any atom is 0.337 e. The number of aliphatic hydroxyl groups is 2. The average Bonchev–Trinajstić information content (AvgIpc) is 2.30. The molecular weight excluding hydrogens is 220 g/mol. The molecule has 0 aliphatic heterocycles. The van der Waals surface area contributed by atoms with Crippen LogP contribution in [0.25, 0.3) is 0 Å². The van der Waals surface area contributed by atoms with Gasteiger partial charge in [0.1, 0.15) is 0 Å². The Morgan fingerprint density at radius 3 is 2.29 bits per heavy atom. The second-order valence-corrected chi connectivity index (χ2v) is 4.82. The molecule has 0 heterocycles. The average molecular weight is 246 g/mol. The fraction of sp³-hybridized carbons (Fsp3) is 0.923. The first-order chi connectivity index (χ1) is 8.07. The Labute approximate surface area is 104 Å². The number of hydrogen-bond acceptors (Lipinski definition) is 4. The van der Waals surface area contributed by atoms with Crippen molar-refractivity contribution in [3.8, 4) is 0 Å². The first-order valence-electron chi connectivity index (χ1n) is 6.53. The Morgan fingerprint density at radius 1 is 1.12 bits per heavy atom. The summed E-state index contributed by atoms with van der Waals surface area (Å²) in [6, 6.07) is 0. The molecule has 2 N–H and O–H groups in total. The van der Waals surface area contributed by atoms with Crippen molar-refractivity contribution in [2.75, 3.05) is 13.2 Å². The number of ether oxygens (including phenoxy) is 1. The van der Waals surface area contributed by atoms with Gasteiger partial charge in [0.25, 0.3) is 0 Å². The molecule has 0 aromatic rings. The maximum atomic E-state index is 11.0. The minimum absolute atomic E-state index is 0.333. The van der Waals surface area contributed by atoms with Crippen LogP contribution in [0.5, 0.6) is 0 Å². The highest BCUT2D eigenvalue weighted by atomic mass is 16.5. The van der Waals surface area contributed by atoms with E-state index in [1.165, 1.54) is 19.3 Å². The van der Waals surface area contributed by atoms with Gasteiger partial charge in [-0.2, -0.15) is 0 Å². The third-order valence-electron chi connectivity index (χ3n) is 2.62. The first-order valence-corrected chi connectivity index (χ1v) is 6.53. The van der Waals surface area contributed by atoms with Gasteiger partial charge in [-0.15, -0.1) is 0 Å². The van der Waals surface area contributed by atoms with Crippen molar-refractivity contribution >= 4 is 5.97 Å². The molecule has 0 bridgehead atoms. The van der Waals surface area contributed by atoms with Crippen LogP contribution in [0, 0.1) is 5.92 Å². The van der Waals surface area contributed by atoms with E-state index in [1.54, 1.807) is 0 Å². The molecule has 0 aromatic carbocycles. The number of carbonyl (C=O) groups excluding carboxylic acids is 1. The van der Waals surface area contributed by atoms with E-state index in [9.17, 15) is 4.79 Å². The zero-order valence-corrected chi connectivity index (χ0v) is 11.0. The van der Waals surface area contributed by atoms with Crippen molar-refractivity contribution in [1.29, 1.82) is 0 Å². The molecule has 0 amide bonds. The highest BCUT2D eigenvalue weighted by Crippen LogP contribution is 2.10. The number of rotatable bonds is 10. The number of unbranched alkanes of at least 4 members (excludes halogenated alkanes) is 4. The summed E-state index contributed by atoms with van der Waals surface area (Å²) in [5, 5.41) is 17.4. The van der Waals surface area contributed by atoms with Gasteiger partial charge in [-0.3, -0.25) is 0 Å². The first kappa shape index (κ1) is 16.4. The van der Waals surface area contributed by atoms with Gasteiger partial charge in [0.2, 0.25) is 0 Å². The molecule has 0 aliphatic carbocycles. The third kappa shape index (κ3) is 10.3. The lowest BCUT2D eigenvalue weighted by atomic mass is 10.0. The summed E-state index contributed by atoms with van der Waals surface area (Å²) < 4.78 is 4.79. The van der Waals surface area contributed by atoms with Crippen LogP contribution >= 0.6 is 0 Å². The monoisotopic (exact) mass is 246 g/mol. The van der Waals surface area contributed by atoms with Crippen LogP contribution in [0.2, 0.25) is 0 Å². The molecule has 0 spiro atoms. The van der Waals surface area contributed by atoms with Gasteiger partial charge >= 0.3 is 5.97 Å². The Kier molecular flexibility index (Phi) is 10.2. The van der Waals surface area contributed by atoms with E-state index in [0.29, 0.717) is 6.61 Å². The molecule has 0 aromatic heterocycles. The number of hydrogen-bond donors (Lipinski definition) is 2. The second kappa shape index (κ2) is 10.5. The zero-order valence-electron chi connectivity index (χ0n) is 11.0. The van der Waals surface area contributed by atoms with Gasteiger partial charge in [-0.1, -0.05) is 46.0 Å². The third-order valence-corrected chi connectivity index (χ3v) is 2.62. The van der Waals surface area contributed by atoms with Crippen LogP contribution in [0.15, 0.2) is 0 Å². The number of aliphatic hydroxyl groups excluding tert-OH is 2. The van der Waals surface area contributed by atoms with Gasteiger partial charge in [-0.05, 0) is 12.3 Å². The van der Waals surface area contributed by atoms with Crippen LogP contribution in [-0.4, -0.2) is 35.5 Å². The van der Waals surface area contributed by atoms with Crippen molar-refractivity contribution in [3.63, 3.8) is 0 Å². The van der Waals surface area contributed by atoms with Gasteiger partial charge in [0, 0.05) is 0 Å². The van der Waals surface area contributed by atoms with Crippen molar-refractivity contribution in [3.05, 3.63) is 0 Å². The van der Waals surface area contributed by atoms with Crippen LogP contribution in [-0.2, 0) is 9.53 Å². The van der Waals surface area contributed by atoms with Crippen LogP contribution in [0.1, 0.15) is 52.4 Å². The Balaban J connectivity index is 3.21. The summed E-state index contributed by atoms with van der Waals surface area (Å²) in [5.41, 5.74) is 0. The van der Waals surface area contributed by atoms with Crippen molar-refractivity contribution < 1.29 is 19.7 Å². The SMILES string of the molecule is CC(C)CCCCCCCOC(=O)C(O)CO. The number of carbonyl (C=O) groups is 1. The molecule has 1 atom stereocenters. The lowest BCUT2D eigenvalue weighted by Gasteiger charge is -2.08. The lowest BCUT2D eigenvalue weighted by molar-refractivity contribution is -0.155. The number of esters is 1. The predicted octanol–water partition coefficient (Wildman–Crippen LogP) is 1.88. The lowest BCUT2D eigenvalue weighted by Crippen LogP contribution is -2.26. The molecule has 0 fully saturated rings. The standard InChI is InChI=1S/C13H26O4/c1-11(2)8-6-4-3-5-7-9-17-13(16)12(15)10-14/h11-12,14-15H,3-10H2,1-2H3. The topological polar surface area (TPSA) is 66.8 Å². The molecule has 0 saturated carbocycles. The summed E-state index contributed by atoms with van der Waals surface area (Å²) >= 11 is 0. The minimum atomic E-state index is -1.39. The molecule has 17 heavy (non-hydrogen) atoms. The normalized spacial score (nSPS) is 12.8. The second-order valence-electron chi connectivity index (χ2n) is 4.82. The Bertz CT molecular complexity index is 192. The smallest absolute Gasteiger partial charge is 0.337 e. The van der Waals surface area contributed by atoms with Crippen LogP contribution < -0.4 is 0 Å². The highest BCUT2D eigenvalue weighted by Gasteiger charge is 2.14. The van der Waals surface area contributed by atoms with Gasteiger partial charge in [0.15, 0.2) is 6.10 Å². The van der Waals surface area contributed by atoms with Crippen molar-refractivity contribution in [2.45, 2.75) is 58.5 Å². The van der Waals surface area contributed by atoms with Gasteiger partial charge in [0.05, 0.1) is 13.2 Å². The Hall–Kier alpha value is -0.610. The van der Waals surface area contributed by atoms with Gasteiger partial charge in [-0.25, -0.2) is 4.79 Å². The van der Waals surface area contributed by atoms with E-state index in [0.717, 1.165) is 25.2 Å². The molecule has 102 valence electrons. The summed E-state index contributed by atoms with van der Waals surface area (Å²) in [5.74, 6) is 0.0447. The van der Waals surface area contributed by atoms with Gasteiger partial charge < -0.3 is 14.9 Å². The molecule has 1 unspecified atom stereocenters. The van der Waals surface area contributed by atoms with E-state index < -0.39 is 18.7 Å². The molecule has 0 saturated heterocycles. The van der Waals surface area contributed by atoms with E-state index in [-0.39, 0.29) is 0 Å². The van der Waals surface area contributed by atoms with E-state index in [2.05, 4.69) is 13.8 Å². The van der Waals surface area contributed by atoms with Crippen molar-refractivity contribution in [1.82, 2.24) is 0 Å². The summed E-state index contributed by atoms with van der Waals surface area (Å²) in [6.07, 6.45) is 5.41. The maximum absolute atomic E-state index is 11.0. The molecule has 0 radical (unpaired) electrons. The largest absolute Gasteiger partial charge is 0.464 e. The molecule has 0 aliphatic rings. The summed E-state index contributed by atoms with van der Waals surface area (Å²) in [6.45, 7) is 4.21. The van der Waals surface area contributed by atoms with E-state index in [1.807, 2.05) is 0 Å². The fourth-order valence-electron chi connectivity index (χ4n) is 1.53. The van der Waals surface area contributed by atoms with Crippen LogP contribution in [0.4, 0.5) is 0 Å². The van der Waals surface area contributed by atoms with E-state index in [4.69, 9.17) is 14.9 Å². The Morgan fingerprint density at radius 2 is 1.71 bits per heavy atom. The van der Waals surface area contributed by atoms with Crippen molar-refractivity contribution in [2.24, 2.45) is 5.92 Å².